The number of carbonyl (C=O) groups is 1. The van der Waals surface area contributed by atoms with Crippen molar-refractivity contribution in [3.8, 4) is 0 Å². The van der Waals surface area contributed by atoms with Crippen molar-refractivity contribution in [1.82, 2.24) is 22.9 Å². The second kappa shape index (κ2) is 8.25. The van der Waals surface area contributed by atoms with Crippen LogP contribution in [0.3, 0.4) is 0 Å². The van der Waals surface area contributed by atoms with Gasteiger partial charge in [-0.1, -0.05) is 19.9 Å². The van der Waals surface area contributed by atoms with Gasteiger partial charge in [0.05, 0.1) is 17.6 Å². The number of likely N-dealkylation sites (tertiary alicyclic amines) is 1. The monoisotopic (exact) mass is 437 g/mol. The van der Waals surface area contributed by atoms with E-state index in [-0.39, 0.29) is 16.7 Å². The van der Waals surface area contributed by atoms with Gasteiger partial charge in [0.1, 0.15) is 15.9 Å². The highest BCUT2D eigenvalue weighted by molar-refractivity contribution is 7.89. The first kappa shape index (κ1) is 20.6. The molecule has 0 N–H and O–H groups in total. The fourth-order valence-electron chi connectivity index (χ4n) is 4.25. The lowest BCUT2D eigenvalue weighted by Crippen LogP contribution is -2.52. The molecule has 3 heterocycles. The van der Waals surface area contributed by atoms with Gasteiger partial charge < -0.3 is 9.80 Å². The number of nitrogens with zero attached hydrogens (tertiary/aromatic N) is 5. The van der Waals surface area contributed by atoms with E-state index in [1.807, 2.05) is 4.90 Å². The highest BCUT2D eigenvalue weighted by Crippen LogP contribution is 2.26. The molecule has 0 radical (unpaired) electrons. The van der Waals surface area contributed by atoms with Crippen molar-refractivity contribution in [3.63, 3.8) is 0 Å². The van der Waals surface area contributed by atoms with Crippen molar-refractivity contribution in [2.75, 3.05) is 45.8 Å². The molecule has 8 nitrogen and oxygen atoms in total. The number of amides is 1. The third-order valence-corrected chi connectivity index (χ3v) is 8.13. The highest BCUT2D eigenvalue weighted by atomic mass is 32.2. The lowest BCUT2D eigenvalue weighted by atomic mass is 10.1. The molecule has 29 heavy (non-hydrogen) atoms. The molecule has 0 saturated carbocycles. The second-order valence-corrected chi connectivity index (χ2v) is 10.7. The van der Waals surface area contributed by atoms with E-state index < -0.39 is 10.0 Å². The van der Waals surface area contributed by atoms with E-state index in [0.717, 1.165) is 37.8 Å². The first-order valence-electron chi connectivity index (χ1n) is 10.1. The number of benzene rings is 1. The molecule has 1 atom stereocenters. The van der Waals surface area contributed by atoms with E-state index in [0.29, 0.717) is 43.1 Å². The Labute approximate surface area is 175 Å². The quantitative estimate of drug-likeness (QED) is 0.705. The molecule has 2 aromatic rings. The summed E-state index contributed by atoms with van der Waals surface area (Å²) in [6, 6.07) is 5.04. The molecule has 2 aliphatic rings. The fourth-order valence-corrected chi connectivity index (χ4v) is 6.43. The largest absolute Gasteiger partial charge is 0.340 e. The Hall–Kier alpha value is -1.62. The van der Waals surface area contributed by atoms with E-state index in [2.05, 4.69) is 27.5 Å². The minimum Gasteiger partial charge on any atom is -0.340 e. The maximum atomic E-state index is 13.1. The van der Waals surface area contributed by atoms with Gasteiger partial charge in [-0.2, -0.15) is 13.1 Å². The summed E-state index contributed by atoms with van der Waals surface area (Å²) < 4.78 is 36.0. The summed E-state index contributed by atoms with van der Waals surface area (Å²) in [6.45, 7) is 8.67. The number of sulfonamides is 1. The average molecular weight is 438 g/mol. The molecule has 158 valence electrons. The molecular weight excluding hydrogens is 410 g/mol. The summed E-state index contributed by atoms with van der Waals surface area (Å²) in [6.07, 6.45) is 0.892. The zero-order chi connectivity index (χ0) is 20.6. The molecule has 0 unspecified atom stereocenters. The van der Waals surface area contributed by atoms with Crippen LogP contribution in [-0.4, -0.2) is 83.0 Å². The van der Waals surface area contributed by atoms with Crippen LogP contribution in [0.1, 0.15) is 20.3 Å². The van der Waals surface area contributed by atoms with Crippen LogP contribution >= 0.6 is 11.7 Å². The number of carbonyl (C=O) groups excluding carboxylic acids is 1. The minimum absolute atomic E-state index is 0.0340. The molecule has 4 rings (SSSR count). The normalized spacial score (nSPS) is 22.0. The van der Waals surface area contributed by atoms with E-state index in [9.17, 15) is 13.2 Å². The molecule has 0 bridgehead atoms. The number of rotatable bonds is 5. The Morgan fingerprint density at radius 3 is 2.66 bits per heavy atom. The van der Waals surface area contributed by atoms with Crippen molar-refractivity contribution in [3.05, 3.63) is 18.2 Å². The standard InChI is InChI=1S/C19H27N5O3S2/c1-14(2)12-22-7-6-15(13-22)19(25)23-8-10-24(11-9-23)29(26,27)17-5-3-4-16-18(17)21-28-20-16/h3-5,14-15H,6-13H2,1-2H3/t15-/m1/s1. The van der Waals surface area contributed by atoms with E-state index in [1.54, 1.807) is 18.2 Å². The molecule has 0 aliphatic carbocycles. The van der Waals surface area contributed by atoms with Gasteiger partial charge in [0.15, 0.2) is 0 Å². The van der Waals surface area contributed by atoms with Crippen LogP contribution in [0.4, 0.5) is 0 Å². The maximum Gasteiger partial charge on any atom is 0.245 e. The van der Waals surface area contributed by atoms with Gasteiger partial charge in [-0.05, 0) is 31.0 Å². The van der Waals surface area contributed by atoms with Gasteiger partial charge in [0.2, 0.25) is 15.9 Å². The SMILES string of the molecule is CC(C)CN1CC[C@@H](C(=O)N2CCN(S(=O)(=O)c3cccc4nsnc34)CC2)C1. The lowest BCUT2D eigenvalue weighted by Gasteiger charge is -2.35. The topological polar surface area (TPSA) is 86.7 Å². The molecular formula is C19H27N5O3S2. The number of hydrogen-bond donors (Lipinski definition) is 0. The molecule has 2 saturated heterocycles. The van der Waals surface area contributed by atoms with Crippen LogP contribution < -0.4 is 0 Å². The highest BCUT2D eigenvalue weighted by Gasteiger charge is 2.36. The lowest BCUT2D eigenvalue weighted by molar-refractivity contribution is -0.136. The average Bonchev–Trinajstić information content (AvgIpc) is 3.36. The van der Waals surface area contributed by atoms with E-state index in [4.69, 9.17) is 0 Å². The number of fused-ring (bicyclic) bond motifs is 1. The third-order valence-electron chi connectivity index (χ3n) is 5.66. The van der Waals surface area contributed by atoms with Gasteiger partial charge in [0.25, 0.3) is 0 Å². The van der Waals surface area contributed by atoms with E-state index >= 15 is 0 Å². The Bertz CT molecular complexity index is 983. The van der Waals surface area contributed by atoms with Gasteiger partial charge in [-0.25, -0.2) is 8.42 Å². The summed E-state index contributed by atoms with van der Waals surface area (Å²) in [5, 5.41) is 0. The molecule has 1 aromatic heterocycles. The van der Waals surface area contributed by atoms with Crippen molar-refractivity contribution in [2.45, 2.75) is 25.2 Å². The first-order valence-corrected chi connectivity index (χ1v) is 12.3. The summed E-state index contributed by atoms with van der Waals surface area (Å²) >= 11 is 1.01. The molecule has 2 aliphatic heterocycles. The summed E-state index contributed by atoms with van der Waals surface area (Å²) in [5.74, 6) is 0.792. The Balaban J connectivity index is 1.39. The van der Waals surface area contributed by atoms with Gasteiger partial charge in [0, 0.05) is 39.3 Å². The third kappa shape index (κ3) is 4.16. The number of piperazine rings is 1. The zero-order valence-corrected chi connectivity index (χ0v) is 18.5. The van der Waals surface area contributed by atoms with Crippen molar-refractivity contribution >= 4 is 38.7 Å². The summed E-state index contributed by atoms with van der Waals surface area (Å²) in [4.78, 5) is 17.3. The van der Waals surface area contributed by atoms with Crippen LogP contribution in [-0.2, 0) is 14.8 Å². The van der Waals surface area contributed by atoms with Crippen molar-refractivity contribution in [1.29, 1.82) is 0 Å². The number of hydrogen-bond acceptors (Lipinski definition) is 7. The smallest absolute Gasteiger partial charge is 0.245 e. The predicted molar refractivity (Wildman–Crippen MR) is 112 cm³/mol. The summed E-state index contributed by atoms with van der Waals surface area (Å²) in [7, 11) is -3.66. The van der Waals surface area contributed by atoms with Crippen LogP contribution in [0.5, 0.6) is 0 Å². The fraction of sp³-hybridized carbons (Fsp3) is 0.632. The molecule has 1 amide bonds. The zero-order valence-electron chi connectivity index (χ0n) is 16.8. The second-order valence-electron chi connectivity index (χ2n) is 8.26. The van der Waals surface area contributed by atoms with Gasteiger partial charge >= 0.3 is 0 Å². The van der Waals surface area contributed by atoms with Crippen LogP contribution in [0.2, 0.25) is 0 Å². The summed E-state index contributed by atoms with van der Waals surface area (Å²) in [5.41, 5.74) is 1.02. The first-order chi connectivity index (χ1) is 13.9. The van der Waals surface area contributed by atoms with Crippen LogP contribution in [0, 0.1) is 11.8 Å². The predicted octanol–water partition coefficient (Wildman–Crippen LogP) is 1.50. The number of aromatic nitrogens is 2. The van der Waals surface area contributed by atoms with E-state index in [1.165, 1.54) is 4.31 Å². The maximum absolute atomic E-state index is 13.1. The minimum atomic E-state index is -3.66. The molecule has 0 spiro atoms. The molecule has 1 aromatic carbocycles. The Morgan fingerprint density at radius 2 is 1.93 bits per heavy atom. The van der Waals surface area contributed by atoms with Gasteiger partial charge in [-0.3, -0.25) is 4.79 Å². The van der Waals surface area contributed by atoms with Crippen molar-refractivity contribution in [2.24, 2.45) is 11.8 Å². The van der Waals surface area contributed by atoms with Crippen LogP contribution in [0.25, 0.3) is 11.0 Å². The molecule has 2 fully saturated rings. The van der Waals surface area contributed by atoms with Gasteiger partial charge in [-0.15, -0.1) is 0 Å². The van der Waals surface area contributed by atoms with Crippen molar-refractivity contribution < 1.29 is 13.2 Å². The molecule has 10 heteroatoms. The van der Waals surface area contributed by atoms with Crippen LogP contribution in [0.15, 0.2) is 23.1 Å². The Kier molecular flexibility index (Phi) is 5.87. The Morgan fingerprint density at radius 1 is 1.17 bits per heavy atom.